The Kier molecular flexibility index (Phi) is 3.71. The number of thioether (sulfide) groups is 1. The molecule has 0 spiro atoms. The molecule has 2 heterocycles. The molecule has 6 nitrogen and oxygen atoms in total. The first-order valence-corrected chi connectivity index (χ1v) is 7.26. The third-order valence-corrected chi connectivity index (χ3v) is 3.95. The van der Waals surface area contributed by atoms with Crippen LogP contribution in [0.2, 0.25) is 0 Å². The van der Waals surface area contributed by atoms with Gasteiger partial charge in [0.1, 0.15) is 11.6 Å². The van der Waals surface area contributed by atoms with E-state index < -0.39 is 0 Å². The second kappa shape index (κ2) is 5.81. The van der Waals surface area contributed by atoms with Crippen LogP contribution in [0.1, 0.15) is 5.56 Å². The summed E-state index contributed by atoms with van der Waals surface area (Å²) < 4.78 is 2.56. The van der Waals surface area contributed by atoms with Crippen LogP contribution in [-0.2, 0) is 12.3 Å². The van der Waals surface area contributed by atoms with Gasteiger partial charge in [-0.2, -0.15) is 9.94 Å². The standard InChI is InChI=1S/C14H11N5OS/c15-6-8-19-14(20)18-9-7-16-13(12(18)17-19)21-10-11-4-2-1-3-5-11/h1-5,7,9H,8,10H2. The molecule has 0 atom stereocenters. The summed E-state index contributed by atoms with van der Waals surface area (Å²) in [4.78, 5) is 16.3. The van der Waals surface area contributed by atoms with Gasteiger partial charge in [0.15, 0.2) is 5.65 Å². The van der Waals surface area contributed by atoms with Crippen molar-refractivity contribution in [3.63, 3.8) is 0 Å². The number of fused-ring (bicyclic) bond motifs is 1. The fourth-order valence-corrected chi connectivity index (χ4v) is 2.82. The predicted octanol–water partition coefficient (Wildman–Crippen LogP) is 1.71. The number of hydrogen-bond acceptors (Lipinski definition) is 5. The lowest BCUT2D eigenvalue weighted by Gasteiger charge is -2.01. The van der Waals surface area contributed by atoms with Gasteiger partial charge >= 0.3 is 5.69 Å². The Balaban J connectivity index is 1.94. The van der Waals surface area contributed by atoms with E-state index in [-0.39, 0.29) is 12.2 Å². The van der Waals surface area contributed by atoms with Gasteiger partial charge < -0.3 is 0 Å². The van der Waals surface area contributed by atoms with Gasteiger partial charge in [-0.25, -0.2) is 14.2 Å². The maximum absolute atomic E-state index is 12.0. The number of rotatable bonds is 4. The molecule has 0 fully saturated rings. The fourth-order valence-electron chi connectivity index (χ4n) is 1.92. The molecule has 3 aromatic rings. The Morgan fingerprint density at radius 1 is 1.29 bits per heavy atom. The van der Waals surface area contributed by atoms with Crippen LogP contribution < -0.4 is 5.69 Å². The van der Waals surface area contributed by atoms with E-state index in [2.05, 4.69) is 10.1 Å². The van der Waals surface area contributed by atoms with Crippen LogP contribution in [0.15, 0.2) is 52.5 Å². The molecule has 0 aliphatic carbocycles. The molecule has 7 heteroatoms. The van der Waals surface area contributed by atoms with Crippen molar-refractivity contribution in [3.8, 4) is 6.07 Å². The van der Waals surface area contributed by atoms with Gasteiger partial charge in [0, 0.05) is 18.1 Å². The highest BCUT2D eigenvalue weighted by Gasteiger charge is 2.11. The minimum absolute atomic E-state index is 0.0662. The molecule has 0 aliphatic rings. The number of aromatic nitrogens is 4. The highest BCUT2D eigenvalue weighted by atomic mass is 32.2. The second-order valence-electron chi connectivity index (χ2n) is 4.30. The van der Waals surface area contributed by atoms with Crippen LogP contribution >= 0.6 is 11.8 Å². The van der Waals surface area contributed by atoms with Crippen molar-refractivity contribution in [1.29, 1.82) is 5.26 Å². The number of benzene rings is 1. The molecule has 0 bridgehead atoms. The fraction of sp³-hybridized carbons (Fsp3) is 0.143. The molecule has 0 saturated carbocycles. The van der Waals surface area contributed by atoms with Crippen LogP contribution in [0.4, 0.5) is 0 Å². The molecule has 0 unspecified atom stereocenters. The molecule has 2 aromatic heterocycles. The number of nitriles is 1. The summed E-state index contributed by atoms with van der Waals surface area (Å²) in [6, 6.07) is 11.9. The van der Waals surface area contributed by atoms with Crippen LogP contribution in [0.25, 0.3) is 5.65 Å². The van der Waals surface area contributed by atoms with E-state index in [4.69, 9.17) is 5.26 Å². The molecule has 0 aliphatic heterocycles. The average Bonchev–Trinajstić information content (AvgIpc) is 2.84. The van der Waals surface area contributed by atoms with E-state index in [9.17, 15) is 4.79 Å². The second-order valence-corrected chi connectivity index (χ2v) is 5.26. The lowest BCUT2D eigenvalue weighted by molar-refractivity contribution is 0.679. The minimum atomic E-state index is -0.324. The highest BCUT2D eigenvalue weighted by molar-refractivity contribution is 7.98. The van der Waals surface area contributed by atoms with Crippen LogP contribution in [0.5, 0.6) is 0 Å². The van der Waals surface area contributed by atoms with Gasteiger partial charge in [0.2, 0.25) is 0 Å². The lowest BCUT2D eigenvalue weighted by atomic mass is 10.2. The molecule has 0 N–H and O–H groups in total. The van der Waals surface area contributed by atoms with Gasteiger partial charge in [-0.05, 0) is 5.56 Å². The maximum atomic E-state index is 12.0. The third-order valence-electron chi connectivity index (χ3n) is 2.91. The van der Waals surface area contributed by atoms with Crippen molar-refractivity contribution >= 4 is 17.4 Å². The summed E-state index contributed by atoms with van der Waals surface area (Å²) in [6.07, 6.45) is 3.13. The van der Waals surface area contributed by atoms with Crippen LogP contribution in [0.3, 0.4) is 0 Å². The quantitative estimate of drug-likeness (QED) is 0.685. The zero-order valence-electron chi connectivity index (χ0n) is 11.0. The average molecular weight is 297 g/mol. The Hall–Kier alpha value is -2.59. The van der Waals surface area contributed by atoms with Crippen molar-refractivity contribution in [2.75, 3.05) is 0 Å². The van der Waals surface area contributed by atoms with Crippen molar-refractivity contribution in [2.24, 2.45) is 0 Å². The number of hydrogen-bond donors (Lipinski definition) is 0. The zero-order valence-corrected chi connectivity index (χ0v) is 11.8. The maximum Gasteiger partial charge on any atom is 0.351 e. The van der Waals surface area contributed by atoms with E-state index in [1.165, 1.54) is 21.7 Å². The molecule has 104 valence electrons. The van der Waals surface area contributed by atoms with E-state index in [1.54, 1.807) is 12.4 Å². The molecule has 0 saturated heterocycles. The first-order chi connectivity index (χ1) is 10.3. The lowest BCUT2D eigenvalue weighted by Crippen LogP contribution is -2.20. The first kappa shape index (κ1) is 13.4. The van der Waals surface area contributed by atoms with Crippen molar-refractivity contribution < 1.29 is 0 Å². The molecular weight excluding hydrogens is 286 g/mol. The van der Waals surface area contributed by atoms with Gasteiger partial charge in [0.25, 0.3) is 0 Å². The van der Waals surface area contributed by atoms with Gasteiger partial charge in [-0.3, -0.25) is 0 Å². The van der Waals surface area contributed by atoms with Gasteiger partial charge in [-0.15, -0.1) is 5.10 Å². The summed E-state index contributed by atoms with van der Waals surface area (Å²) in [7, 11) is 0. The predicted molar refractivity (Wildman–Crippen MR) is 78.9 cm³/mol. The minimum Gasteiger partial charge on any atom is -0.246 e. The summed E-state index contributed by atoms with van der Waals surface area (Å²) in [5, 5.41) is 13.6. The van der Waals surface area contributed by atoms with E-state index in [0.29, 0.717) is 10.7 Å². The van der Waals surface area contributed by atoms with E-state index in [1.807, 2.05) is 36.4 Å². The Morgan fingerprint density at radius 3 is 2.86 bits per heavy atom. The molecule has 0 amide bonds. The topological polar surface area (TPSA) is 76.0 Å². The Morgan fingerprint density at radius 2 is 2.10 bits per heavy atom. The Labute approximate surface area is 124 Å². The monoisotopic (exact) mass is 297 g/mol. The normalized spacial score (nSPS) is 10.6. The molecular formula is C14H11N5OS. The van der Waals surface area contributed by atoms with Crippen LogP contribution in [-0.4, -0.2) is 19.2 Å². The summed E-state index contributed by atoms with van der Waals surface area (Å²) in [5.41, 5.74) is 1.33. The highest BCUT2D eigenvalue weighted by Crippen LogP contribution is 2.23. The third kappa shape index (κ3) is 2.66. The van der Waals surface area contributed by atoms with E-state index >= 15 is 0 Å². The SMILES string of the molecule is N#CCn1nc2c(SCc3ccccc3)nccn2c1=O. The molecule has 1 aromatic carbocycles. The van der Waals surface area contributed by atoms with E-state index in [0.717, 1.165) is 10.4 Å². The molecule has 21 heavy (non-hydrogen) atoms. The number of nitrogens with zero attached hydrogens (tertiary/aromatic N) is 5. The van der Waals surface area contributed by atoms with Gasteiger partial charge in [0.05, 0.1) is 6.07 Å². The summed E-state index contributed by atoms with van der Waals surface area (Å²) >= 11 is 1.51. The summed E-state index contributed by atoms with van der Waals surface area (Å²) in [6.45, 7) is -0.0662. The first-order valence-electron chi connectivity index (χ1n) is 6.27. The van der Waals surface area contributed by atoms with Gasteiger partial charge in [-0.1, -0.05) is 42.1 Å². The summed E-state index contributed by atoms with van der Waals surface area (Å²) in [5.74, 6) is 0.743. The van der Waals surface area contributed by atoms with Crippen molar-refractivity contribution in [3.05, 3.63) is 58.8 Å². The molecule has 3 rings (SSSR count). The van der Waals surface area contributed by atoms with Crippen molar-refractivity contribution in [1.82, 2.24) is 19.2 Å². The Bertz CT molecular complexity index is 862. The smallest absolute Gasteiger partial charge is 0.246 e. The molecule has 0 radical (unpaired) electrons. The van der Waals surface area contributed by atoms with Crippen LogP contribution in [0, 0.1) is 11.3 Å². The zero-order chi connectivity index (χ0) is 14.7. The largest absolute Gasteiger partial charge is 0.351 e. The van der Waals surface area contributed by atoms with Crippen molar-refractivity contribution in [2.45, 2.75) is 17.3 Å².